The lowest BCUT2D eigenvalue weighted by Gasteiger charge is -2.44. The van der Waals surface area contributed by atoms with Crippen molar-refractivity contribution in [3.63, 3.8) is 0 Å². The van der Waals surface area contributed by atoms with E-state index in [2.05, 4.69) is 42.0 Å². The van der Waals surface area contributed by atoms with Crippen LogP contribution in [0.25, 0.3) is 0 Å². The highest BCUT2D eigenvalue weighted by Crippen LogP contribution is 2.65. The maximum absolute atomic E-state index is 15.0. The molecule has 11 nitrogen and oxygen atoms in total. The zero-order chi connectivity index (χ0) is 37.6. The summed E-state index contributed by atoms with van der Waals surface area (Å²) in [5.74, 6) is -1.18. The highest BCUT2D eigenvalue weighted by atomic mass is 32.2. The first-order valence-electron chi connectivity index (χ1n) is 20.4. The molecule has 0 radical (unpaired) electrons. The first-order valence-corrected chi connectivity index (χ1v) is 21.7. The van der Waals surface area contributed by atoms with Crippen LogP contribution in [-0.2, 0) is 30.0 Å². The van der Waals surface area contributed by atoms with Crippen molar-refractivity contribution in [2.24, 2.45) is 28.6 Å². The van der Waals surface area contributed by atoms with Crippen molar-refractivity contribution in [2.75, 3.05) is 12.3 Å². The number of likely N-dealkylation sites (tertiary alicyclic amines) is 1. The number of hydrogen-bond acceptors (Lipinski definition) is 6. The monoisotopic (exact) mass is 743 g/mol. The van der Waals surface area contributed by atoms with Crippen molar-refractivity contribution < 1.29 is 28.2 Å². The predicted octanol–water partition coefficient (Wildman–Crippen LogP) is 4.88. The third-order valence-corrected chi connectivity index (χ3v) is 16.4. The van der Waals surface area contributed by atoms with Gasteiger partial charge in [-0.05, 0) is 93.8 Å². The van der Waals surface area contributed by atoms with Crippen LogP contribution >= 0.6 is 0 Å². The van der Waals surface area contributed by atoms with E-state index < -0.39 is 57.6 Å². The summed E-state index contributed by atoms with van der Waals surface area (Å²) < 4.78 is 13.2. The van der Waals surface area contributed by atoms with E-state index >= 15 is 0 Å². The summed E-state index contributed by atoms with van der Waals surface area (Å²) in [4.78, 5) is 71.4. The number of fused-ring (bicyclic) bond motifs is 1. The number of piperidine rings is 1. The molecule has 5 amide bonds. The van der Waals surface area contributed by atoms with Gasteiger partial charge in [-0.15, -0.1) is 0 Å². The van der Waals surface area contributed by atoms with Crippen LogP contribution in [-0.4, -0.2) is 85.4 Å². The molecule has 6 aliphatic rings. The van der Waals surface area contributed by atoms with Crippen molar-refractivity contribution in [1.82, 2.24) is 26.2 Å². The SMILES string of the molecule is CCC(C)(C)S(=O)CC1(NC(=O)N[C@H](C(=O)N2C[C@H]3[C@@H]([C@H]2C(=O)NC(CC2CC2)C(=O)C(=O)NC2CC2)C3(C)C)C2(C)CCCCC2)CCCCC1. The van der Waals surface area contributed by atoms with Crippen molar-refractivity contribution in [2.45, 2.75) is 179 Å². The fourth-order valence-corrected chi connectivity index (χ4v) is 11.1. The molecule has 2 unspecified atom stereocenters. The fourth-order valence-electron chi connectivity index (χ4n) is 9.53. The van der Waals surface area contributed by atoms with Gasteiger partial charge in [0.25, 0.3) is 5.91 Å². The minimum absolute atomic E-state index is 0.0332. The molecule has 5 aliphatic carbocycles. The molecule has 52 heavy (non-hydrogen) atoms. The number of carbonyl (C=O) groups is 5. The largest absolute Gasteiger partial charge is 0.347 e. The smallest absolute Gasteiger partial charge is 0.315 e. The molecule has 0 aromatic carbocycles. The second-order valence-electron chi connectivity index (χ2n) is 18.9. The summed E-state index contributed by atoms with van der Waals surface area (Å²) in [6.07, 6.45) is 13.8. The van der Waals surface area contributed by atoms with Crippen LogP contribution in [0.15, 0.2) is 0 Å². The van der Waals surface area contributed by atoms with E-state index in [9.17, 15) is 28.2 Å². The van der Waals surface area contributed by atoms with Gasteiger partial charge < -0.3 is 26.2 Å². The molecule has 6 rings (SSSR count). The molecule has 1 aliphatic heterocycles. The van der Waals surface area contributed by atoms with Crippen molar-refractivity contribution in [3.8, 4) is 0 Å². The van der Waals surface area contributed by atoms with E-state index in [1.54, 1.807) is 4.90 Å². The lowest BCUT2D eigenvalue weighted by Crippen LogP contribution is -2.64. The number of Topliss-reactive ketones (excluding diaryl/α,β-unsaturated/α-hetero) is 1. The number of ketones is 1. The van der Waals surface area contributed by atoms with Gasteiger partial charge in [0, 0.05) is 33.9 Å². The summed E-state index contributed by atoms with van der Waals surface area (Å²) in [5, 5.41) is 12.2. The summed E-state index contributed by atoms with van der Waals surface area (Å²) in [6, 6.07) is -2.96. The van der Waals surface area contributed by atoms with Gasteiger partial charge in [0.1, 0.15) is 12.1 Å². The first kappa shape index (κ1) is 39.2. The van der Waals surface area contributed by atoms with Crippen LogP contribution in [0.5, 0.6) is 0 Å². The predicted molar refractivity (Wildman–Crippen MR) is 202 cm³/mol. The molecule has 12 heteroatoms. The zero-order valence-corrected chi connectivity index (χ0v) is 33.4. The zero-order valence-electron chi connectivity index (χ0n) is 32.6. The third kappa shape index (κ3) is 8.41. The Morgan fingerprint density at radius 1 is 0.865 bits per heavy atom. The van der Waals surface area contributed by atoms with E-state index in [0.717, 1.165) is 96.3 Å². The van der Waals surface area contributed by atoms with Gasteiger partial charge in [0.05, 0.1) is 11.6 Å². The van der Waals surface area contributed by atoms with Crippen LogP contribution in [0.3, 0.4) is 0 Å². The average Bonchev–Trinajstić information content (AvgIpc) is 4.06. The fraction of sp³-hybridized carbons (Fsp3) is 0.875. The van der Waals surface area contributed by atoms with Crippen LogP contribution in [0, 0.1) is 28.6 Å². The normalized spacial score (nSPS) is 29.1. The average molecular weight is 744 g/mol. The number of hydrogen-bond donors (Lipinski definition) is 4. The number of nitrogens with zero attached hydrogens (tertiary/aromatic N) is 1. The summed E-state index contributed by atoms with van der Waals surface area (Å²) >= 11 is 0. The maximum atomic E-state index is 15.0. The van der Waals surface area contributed by atoms with Gasteiger partial charge in [-0.1, -0.05) is 79.1 Å². The molecule has 0 bridgehead atoms. The molecule has 0 aromatic heterocycles. The lowest BCUT2D eigenvalue weighted by molar-refractivity contribution is -0.146. The number of nitrogens with one attached hydrogen (secondary N) is 4. The van der Waals surface area contributed by atoms with Gasteiger partial charge in [0.2, 0.25) is 17.6 Å². The number of amides is 5. The lowest BCUT2D eigenvalue weighted by atomic mass is 9.70. The topological polar surface area (TPSA) is 154 Å². The second kappa shape index (κ2) is 15.0. The minimum Gasteiger partial charge on any atom is -0.347 e. The quantitative estimate of drug-likeness (QED) is 0.176. The maximum Gasteiger partial charge on any atom is 0.315 e. The Hall–Kier alpha value is -2.50. The molecule has 292 valence electrons. The molecule has 0 aromatic rings. The van der Waals surface area contributed by atoms with Crippen LogP contribution in [0.4, 0.5) is 4.79 Å². The Labute approximate surface area is 313 Å². The van der Waals surface area contributed by atoms with Gasteiger partial charge in [-0.2, -0.15) is 0 Å². The molecular weight excluding hydrogens is 679 g/mol. The van der Waals surface area contributed by atoms with Gasteiger partial charge in [0.15, 0.2) is 0 Å². The Balaban J connectivity index is 1.22. The number of rotatable bonds is 15. The third-order valence-electron chi connectivity index (χ3n) is 14.1. The second-order valence-corrected chi connectivity index (χ2v) is 21.0. The molecule has 4 N–H and O–H groups in total. The van der Waals surface area contributed by atoms with E-state index in [1.807, 2.05) is 20.8 Å². The van der Waals surface area contributed by atoms with Crippen LogP contribution in [0.2, 0.25) is 0 Å². The standard InChI is InChI=1S/C40H65N5O6S/c1-7-37(2,3)52(51)24-40(20-12-9-13-21-40)44-36(50)43-32(39(6)18-10-8-11-19-39)35(49)45-23-27-29(38(27,4)5)30(45)33(47)42-28(22-25-14-15-25)31(46)34(48)41-26-16-17-26/h25-30,32H,7-24H2,1-6H3,(H,41,48)(H,42,47)(H2,43,44,50)/t27-,28?,29-,30-,32+,52?/m0/s1. The minimum atomic E-state index is -1.16. The van der Waals surface area contributed by atoms with Crippen molar-refractivity contribution in [1.29, 1.82) is 0 Å². The van der Waals surface area contributed by atoms with Crippen LogP contribution < -0.4 is 21.3 Å². The Morgan fingerprint density at radius 3 is 2.06 bits per heavy atom. The Kier molecular flexibility index (Phi) is 11.3. The van der Waals surface area contributed by atoms with Crippen molar-refractivity contribution in [3.05, 3.63) is 0 Å². The summed E-state index contributed by atoms with van der Waals surface area (Å²) in [7, 11) is -1.16. The molecule has 6 atom stereocenters. The Bertz CT molecular complexity index is 1430. The van der Waals surface area contributed by atoms with Gasteiger partial charge in [-0.25, -0.2) is 4.79 Å². The van der Waals surface area contributed by atoms with E-state index in [-0.39, 0.29) is 39.9 Å². The van der Waals surface area contributed by atoms with Crippen LogP contribution in [0.1, 0.15) is 144 Å². The molecular formula is C40H65N5O6S. The molecule has 1 heterocycles. The van der Waals surface area contributed by atoms with E-state index in [4.69, 9.17) is 0 Å². The van der Waals surface area contributed by atoms with Gasteiger partial charge >= 0.3 is 6.03 Å². The first-order chi connectivity index (χ1) is 24.5. The molecule has 5 saturated carbocycles. The van der Waals surface area contributed by atoms with E-state index in [0.29, 0.717) is 24.6 Å². The number of urea groups is 1. The number of carbonyl (C=O) groups excluding carboxylic acids is 5. The highest BCUT2D eigenvalue weighted by Gasteiger charge is 2.70. The molecule has 6 fully saturated rings. The van der Waals surface area contributed by atoms with Gasteiger partial charge in [-0.3, -0.25) is 23.4 Å². The Morgan fingerprint density at radius 2 is 1.48 bits per heavy atom. The summed E-state index contributed by atoms with van der Waals surface area (Å²) in [6.45, 7) is 12.8. The summed E-state index contributed by atoms with van der Waals surface area (Å²) in [5.41, 5.74) is -1.27. The highest BCUT2D eigenvalue weighted by molar-refractivity contribution is 7.86. The van der Waals surface area contributed by atoms with E-state index in [1.165, 1.54) is 0 Å². The van der Waals surface area contributed by atoms with Crippen molar-refractivity contribution >= 4 is 40.3 Å². The molecule has 0 spiro atoms. The molecule has 1 saturated heterocycles.